The molecule has 15 heteroatoms. The summed E-state index contributed by atoms with van der Waals surface area (Å²) in [4.78, 5) is 26.7. The van der Waals surface area contributed by atoms with E-state index >= 15 is 0 Å². The van der Waals surface area contributed by atoms with Gasteiger partial charge in [-0.25, -0.2) is 0 Å². The molecule has 0 saturated heterocycles. The maximum atomic E-state index is 7.23. The molecular weight excluding hydrogens is 2100 g/mol. The Morgan fingerprint density at radius 1 is 0.292 bits per heavy atom. The van der Waals surface area contributed by atoms with Gasteiger partial charge in [-0.15, -0.1) is 179 Å². The summed E-state index contributed by atoms with van der Waals surface area (Å²) in [6.07, 6.45) is 18.3. The van der Waals surface area contributed by atoms with Crippen LogP contribution in [-0.2, 0) is 60.3 Å². The summed E-state index contributed by atoms with van der Waals surface area (Å²) in [5, 5.41) is 12.7. The summed E-state index contributed by atoms with van der Waals surface area (Å²) in [6.45, 7) is 15.5. The second kappa shape index (κ2) is 39.1. The van der Waals surface area contributed by atoms with Crippen LogP contribution in [0.1, 0.15) is 102 Å². The first-order valence-corrected chi connectivity index (χ1v) is 53.0. The minimum atomic E-state index is -2.09. The van der Waals surface area contributed by atoms with Crippen molar-refractivity contribution in [2.45, 2.75) is 136 Å². The fraction of sp³-hybridized carbons (Fsp3) is 0.200. The molecule has 3 saturated carbocycles. The van der Waals surface area contributed by atoms with Gasteiger partial charge in [0.25, 0.3) is 0 Å². The van der Waals surface area contributed by atoms with Gasteiger partial charge < -0.3 is 29.9 Å². The number of pyridine rings is 6. The number of rotatable bonds is 12. The zero-order valence-electron chi connectivity index (χ0n) is 77.4. The van der Waals surface area contributed by atoms with Crippen LogP contribution in [0, 0.1) is 57.0 Å². The number of hydrogen-bond donors (Lipinski definition) is 0. The van der Waals surface area contributed by atoms with Crippen molar-refractivity contribution in [2.24, 2.45) is 0 Å². The molecule has 6 nitrogen and oxygen atoms in total. The van der Waals surface area contributed by atoms with E-state index in [9.17, 15) is 0 Å². The van der Waals surface area contributed by atoms with Gasteiger partial charge in [-0.3, -0.25) is 0 Å². The van der Waals surface area contributed by atoms with E-state index < -0.39 is 44.8 Å². The van der Waals surface area contributed by atoms with E-state index in [1.54, 1.807) is 59.8 Å². The third kappa shape index (κ3) is 21.4. The molecule has 0 aliphatic heterocycles. The molecule has 9 heterocycles. The first-order chi connectivity index (χ1) is 60.2. The van der Waals surface area contributed by atoms with E-state index in [0.29, 0.717) is 0 Å². The van der Waals surface area contributed by atoms with E-state index in [1.165, 1.54) is 145 Å². The monoisotopic (exact) mass is 2210 g/mol. The molecule has 0 N–H and O–H groups in total. The SMILES string of the molecule is C[Si](C)(C)c1ccc2c(c1)sc1c(-c3ccc(C4CC4)cn3)[c-]ccc12.C[Si](C)(C)c1ccc2sc3c(-c4ccc(C5CC5)cn4)[c-]ccc3c2c1.C[Si](C)(C)c1cccc2c1sc1c(-c3ccc(C4CC4)cn3)[c-]ccc12.[2H]C([2H])([2H])c1ccc(-c2[c-]cccc2)nc1.[2H]C([2H])([2H])c1ccc(-c2[c-]cccc2)nc1.[2H]C([2H])([2H])c1ccc(-c2[c-]cccc2)nc1.[Ir].[Ir].[Ir]. The summed E-state index contributed by atoms with van der Waals surface area (Å²) >= 11 is 5.68. The van der Waals surface area contributed by atoms with Crippen molar-refractivity contribution >= 4 is 134 Å². The summed E-state index contributed by atoms with van der Waals surface area (Å²) in [7, 11) is -4.00. The van der Waals surface area contributed by atoms with Gasteiger partial charge >= 0.3 is 0 Å². The Kier molecular flexibility index (Phi) is 25.2. The maximum Gasteiger partial charge on any atom is 0.0794 e. The second-order valence-corrected chi connectivity index (χ2v) is 51.6. The standard InChI is InChI=1S/3C23H22NSSi.3C12H10N.3Ir/c1-26(2,3)21-9-5-7-18-17-6-4-8-19(22(17)25-23(18)21)20-13-12-16(14-24-20)15-10-11-15;1-26(2,3)17-10-11-18-19-5-4-6-20(23(19)25-22(18)13-17)21-12-9-16(14-24-21)15-7-8-15;1-26(2,3)17-10-12-22-20(13-17)18-5-4-6-19(23(18)25-22)21-11-9-16(14-24-21)15-7-8-15;3*1-10-7-8-12(13-9-10)11-5-3-2-4-6-11;;;/h4-7,9,12-15H,10-11H2,1-3H3;2*4-5,9-15H,7-8H2,1-3H3;3*2-5,7-9H,1H3;;;/q6*-1;;;/i;;;3*1D3;;;. The topological polar surface area (TPSA) is 77.3 Å². The summed E-state index contributed by atoms with van der Waals surface area (Å²) < 4.78 is 73.2. The Bertz CT molecular complexity index is 6540. The van der Waals surface area contributed by atoms with Gasteiger partial charge in [0.1, 0.15) is 0 Å². The van der Waals surface area contributed by atoms with Crippen LogP contribution in [0.4, 0.5) is 0 Å². The smallest absolute Gasteiger partial charge is 0.0794 e. The Morgan fingerprint density at radius 3 is 1.02 bits per heavy atom. The molecule has 3 radical (unpaired) electrons. The number of thiophene rings is 3. The molecule has 3 fully saturated rings. The van der Waals surface area contributed by atoms with Crippen molar-refractivity contribution in [3.05, 3.63) is 344 Å². The van der Waals surface area contributed by atoms with Gasteiger partial charge in [0.15, 0.2) is 0 Å². The van der Waals surface area contributed by atoms with Crippen LogP contribution < -0.4 is 15.6 Å². The molecule has 18 aromatic rings. The van der Waals surface area contributed by atoms with Gasteiger partial charge in [-0.1, -0.05) is 201 Å². The summed E-state index contributed by atoms with van der Waals surface area (Å²) in [6, 6.07) is 98.7. The molecule has 0 atom stereocenters. The van der Waals surface area contributed by atoms with Crippen LogP contribution in [0.5, 0.6) is 0 Å². The van der Waals surface area contributed by atoms with Gasteiger partial charge in [0.05, 0.1) is 24.2 Å². The molecule has 21 rings (SSSR count). The molecule has 3 aliphatic rings. The van der Waals surface area contributed by atoms with Crippen molar-refractivity contribution in [2.75, 3.05) is 0 Å². The van der Waals surface area contributed by atoms with Crippen LogP contribution in [0.25, 0.3) is 128 Å². The first kappa shape index (κ1) is 77.2. The molecule has 0 unspecified atom stereocenters. The van der Waals surface area contributed by atoms with Crippen LogP contribution >= 0.6 is 34.0 Å². The van der Waals surface area contributed by atoms with Gasteiger partial charge in [0, 0.05) is 124 Å². The second-order valence-electron chi connectivity index (χ2n) is 33.3. The van der Waals surface area contributed by atoms with Crippen molar-refractivity contribution in [1.29, 1.82) is 0 Å². The zero-order valence-corrected chi connectivity index (χ0v) is 81.0. The predicted molar refractivity (Wildman–Crippen MR) is 509 cm³/mol. The predicted octanol–water partition coefficient (Wildman–Crippen LogP) is 27.6. The van der Waals surface area contributed by atoms with Crippen molar-refractivity contribution in [1.82, 2.24) is 29.9 Å². The van der Waals surface area contributed by atoms with Crippen LogP contribution in [-0.4, -0.2) is 54.1 Å². The number of fused-ring (bicyclic) bond motifs is 9. The van der Waals surface area contributed by atoms with Gasteiger partial charge in [0.2, 0.25) is 0 Å². The minimum Gasteiger partial charge on any atom is -0.304 e. The molecule has 120 heavy (non-hydrogen) atoms. The van der Waals surface area contributed by atoms with Crippen LogP contribution in [0.15, 0.2) is 274 Å². The number of aryl methyl sites for hydroxylation is 3. The van der Waals surface area contributed by atoms with E-state index in [0.717, 1.165) is 85.3 Å². The van der Waals surface area contributed by atoms with Crippen molar-refractivity contribution in [3.63, 3.8) is 0 Å². The average molecular weight is 2210 g/mol. The molecule has 9 aromatic heterocycles. The fourth-order valence-corrected chi connectivity index (χ4v) is 22.9. The average Bonchev–Trinajstić information content (AvgIpc) is 1.61. The third-order valence-corrected chi connectivity index (χ3v) is 31.3. The molecule has 0 bridgehead atoms. The van der Waals surface area contributed by atoms with E-state index in [4.69, 9.17) is 27.3 Å². The third-order valence-electron chi connectivity index (χ3n) is 21.4. The molecular formula is C105H96Ir3N6S3Si3-6. The molecule has 0 amide bonds. The normalized spacial score (nSPS) is 14.4. The van der Waals surface area contributed by atoms with Gasteiger partial charge in [-0.2, -0.15) is 34.0 Å². The zero-order chi connectivity index (χ0) is 88.5. The number of nitrogens with zero attached hydrogens (tertiary/aromatic N) is 6. The summed E-state index contributed by atoms with van der Waals surface area (Å²) in [5.41, 5.74) is 16.2. The van der Waals surface area contributed by atoms with Crippen molar-refractivity contribution < 1.29 is 72.7 Å². The largest absolute Gasteiger partial charge is 0.304 e. The first-order valence-electron chi connectivity index (χ1n) is 44.6. The Balaban J connectivity index is 0.000000133. The van der Waals surface area contributed by atoms with E-state index in [2.05, 4.69) is 250 Å². The Labute approximate surface area is 776 Å². The van der Waals surface area contributed by atoms with Crippen molar-refractivity contribution in [3.8, 4) is 67.5 Å². The van der Waals surface area contributed by atoms with Gasteiger partial charge in [-0.05, 0) is 192 Å². The minimum absolute atomic E-state index is 0. The van der Waals surface area contributed by atoms with E-state index in [-0.39, 0.29) is 77.0 Å². The molecule has 3 aliphatic carbocycles. The van der Waals surface area contributed by atoms with Crippen LogP contribution in [0.2, 0.25) is 58.9 Å². The maximum absolute atomic E-state index is 7.23. The van der Waals surface area contributed by atoms with Crippen LogP contribution in [0.3, 0.4) is 0 Å². The summed E-state index contributed by atoms with van der Waals surface area (Å²) in [5.74, 6) is 2.25. The number of hydrogen-bond acceptors (Lipinski definition) is 9. The Hall–Kier alpha value is -8.86. The molecule has 0 spiro atoms. The molecule has 609 valence electrons. The van der Waals surface area contributed by atoms with E-state index in [1.807, 2.05) is 94.7 Å². The quantitative estimate of drug-likeness (QED) is 0.0896. The number of benzene rings is 9. The Morgan fingerprint density at radius 2 is 0.658 bits per heavy atom. The number of aromatic nitrogens is 6. The molecule has 9 aromatic carbocycles. The fourth-order valence-electron chi connectivity index (χ4n) is 14.3.